The predicted octanol–water partition coefficient (Wildman–Crippen LogP) is -1.84. The van der Waals surface area contributed by atoms with Crippen LogP contribution in [0.5, 0.6) is 0 Å². The summed E-state index contributed by atoms with van der Waals surface area (Å²) in [5.41, 5.74) is 3.63. The van der Waals surface area contributed by atoms with Gasteiger partial charge in [0.15, 0.2) is 0 Å². The van der Waals surface area contributed by atoms with Gasteiger partial charge in [-0.2, -0.15) is 5.10 Å². The fourth-order valence-electron chi connectivity index (χ4n) is 3.36. The molecule has 8 heteroatoms. The van der Waals surface area contributed by atoms with E-state index in [1.165, 1.54) is 18.2 Å². The minimum Gasteiger partial charge on any atom is -0.550 e. The van der Waals surface area contributed by atoms with Crippen molar-refractivity contribution in [2.45, 2.75) is 50.7 Å². The van der Waals surface area contributed by atoms with Crippen molar-refractivity contribution in [3.05, 3.63) is 53.1 Å². The summed E-state index contributed by atoms with van der Waals surface area (Å²) >= 11 is 0. The number of carbonyl (C=O) groups excluding carboxylic acids is 1. The Labute approximate surface area is 185 Å². The van der Waals surface area contributed by atoms with E-state index in [2.05, 4.69) is 5.10 Å². The summed E-state index contributed by atoms with van der Waals surface area (Å²) in [4.78, 5) is 10.5. The number of aromatic nitrogens is 2. The van der Waals surface area contributed by atoms with Crippen LogP contribution in [0.15, 0.2) is 30.3 Å². The van der Waals surface area contributed by atoms with Crippen LogP contribution >= 0.6 is 0 Å². The normalized spacial score (nSPS) is 15.7. The number of fused-ring (bicyclic) bond motifs is 1. The Morgan fingerprint density at radius 1 is 1.25 bits per heavy atom. The topological polar surface area (TPSA) is 98.4 Å². The van der Waals surface area contributed by atoms with E-state index < -0.39 is 24.6 Å². The van der Waals surface area contributed by atoms with Gasteiger partial charge in [-0.25, -0.2) is 9.07 Å². The minimum absolute atomic E-state index is 0. The molecule has 2 atom stereocenters. The fraction of sp³-hybridized carbons (Fsp3) is 0.400. The van der Waals surface area contributed by atoms with Gasteiger partial charge in [0, 0.05) is 24.4 Å². The third kappa shape index (κ3) is 5.75. The van der Waals surface area contributed by atoms with Crippen LogP contribution < -0.4 is 34.7 Å². The molecule has 2 N–H and O–H groups in total. The quantitative estimate of drug-likeness (QED) is 0.536. The zero-order valence-corrected chi connectivity index (χ0v) is 17.8. The van der Waals surface area contributed by atoms with Crippen LogP contribution in [0.2, 0.25) is 0 Å². The maximum atomic E-state index is 13.2. The number of halogens is 1. The Kier molecular flexibility index (Phi) is 8.39. The maximum absolute atomic E-state index is 13.2. The largest absolute Gasteiger partial charge is 1.00 e. The molecule has 144 valence electrons. The van der Waals surface area contributed by atoms with Crippen molar-refractivity contribution in [3.63, 3.8) is 0 Å². The number of aliphatic hydroxyl groups is 2. The van der Waals surface area contributed by atoms with Gasteiger partial charge in [0.25, 0.3) is 0 Å². The molecule has 1 aromatic heterocycles. The van der Waals surface area contributed by atoms with Gasteiger partial charge in [0.05, 0.1) is 29.3 Å². The van der Waals surface area contributed by atoms with Gasteiger partial charge in [0.1, 0.15) is 5.82 Å². The van der Waals surface area contributed by atoms with Crippen molar-refractivity contribution in [2.75, 3.05) is 0 Å². The Morgan fingerprint density at radius 2 is 1.93 bits per heavy atom. The van der Waals surface area contributed by atoms with Crippen molar-refractivity contribution >= 4 is 12.0 Å². The Bertz CT molecular complexity index is 835. The second kappa shape index (κ2) is 10.3. The molecule has 1 heterocycles. The SMILES string of the molecule is O=C([O-])C[C@H](O)C[C@H](O)/C=C/c1c2c(nn1-c1ccc(F)cc1)CCCC2.[Na+]. The first-order chi connectivity index (χ1) is 12.9. The number of benzene rings is 1. The zero-order valence-electron chi connectivity index (χ0n) is 15.8. The second-order valence-electron chi connectivity index (χ2n) is 6.80. The number of carboxylic acid groups (broad SMARTS) is 1. The van der Waals surface area contributed by atoms with E-state index in [-0.39, 0.29) is 41.8 Å². The number of aryl methyl sites for hydroxylation is 1. The number of nitrogens with zero attached hydrogens (tertiary/aromatic N) is 2. The van der Waals surface area contributed by atoms with Crippen LogP contribution in [0.25, 0.3) is 11.8 Å². The molecule has 2 aromatic rings. The van der Waals surface area contributed by atoms with E-state index in [1.807, 2.05) is 0 Å². The van der Waals surface area contributed by atoms with Crippen LogP contribution in [0, 0.1) is 5.82 Å². The maximum Gasteiger partial charge on any atom is 1.00 e. The van der Waals surface area contributed by atoms with E-state index in [0.717, 1.165) is 48.3 Å². The Balaban J connectivity index is 0.00000280. The number of rotatable bonds is 7. The molecule has 6 nitrogen and oxygen atoms in total. The average Bonchev–Trinajstić information content (AvgIpc) is 2.98. The molecule has 0 bridgehead atoms. The minimum atomic E-state index is -1.36. The van der Waals surface area contributed by atoms with Crippen molar-refractivity contribution in [1.29, 1.82) is 0 Å². The van der Waals surface area contributed by atoms with E-state index in [1.54, 1.807) is 22.9 Å². The smallest absolute Gasteiger partial charge is 0.550 e. The Morgan fingerprint density at radius 3 is 2.61 bits per heavy atom. The standard InChI is InChI=1S/C20H23FN2O4.Na/c21-13-5-7-14(8-6-13)23-19(17-3-1-2-4-18(17)22-23)10-9-15(24)11-16(25)12-20(26)27;/h5-10,15-16,24-25H,1-4,11-12H2,(H,26,27);/q;+1/p-1/b10-9+;/t15-,16-;/m1./s1. The summed E-state index contributed by atoms with van der Waals surface area (Å²) in [6.45, 7) is 0. The van der Waals surface area contributed by atoms with Crippen molar-refractivity contribution in [1.82, 2.24) is 9.78 Å². The molecule has 0 spiro atoms. The molecular formula is C20H22FN2NaO4. The third-order valence-corrected chi connectivity index (χ3v) is 4.66. The number of carboxylic acids is 1. The molecule has 1 aliphatic carbocycles. The Hall–Kier alpha value is -1.51. The molecular weight excluding hydrogens is 374 g/mol. The summed E-state index contributed by atoms with van der Waals surface area (Å²) < 4.78 is 15.0. The van der Waals surface area contributed by atoms with Gasteiger partial charge >= 0.3 is 29.6 Å². The van der Waals surface area contributed by atoms with Gasteiger partial charge in [-0.3, -0.25) is 0 Å². The van der Waals surface area contributed by atoms with E-state index in [4.69, 9.17) is 0 Å². The second-order valence-corrected chi connectivity index (χ2v) is 6.80. The molecule has 0 saturated carbocycles. The molecule has 0 aliphatic heterocycles. The van der Waals surface area contributed by atoms with Crippen molar-refractivity contribution in [3.8, 4) is 5.69 Å². The number of hydrogen-bond donors (Lipinski definition) is 2. The molecule has 0 unspecified atom stereocenters. The van der Waals surface area contributed by atoms with E-state index in [9.17, 15) is 24.5 Å². The van der Waals surface area contributed by atoms with Crippen LogP contribution in [0.1, 0.15) is 42.6 Å². The first-order valence-electron chi connectivity index (χ1n) is 9.05. The van der Waals surface area contributed by atoms with Gasteiger partial charge in [-0.15, -0.1) is 0 Å². The number of carbonyl (C=O) groups is 1. The molecule has 0 radical (unpaired) electrons. The first kappa shape index (κ1) is 22.8. The zero-order chi connectivity index (χ0) is 19.4. The molecule has 3 rings (SSSR count). The molecule has 1 aliphatic rings. The number of hydrogen-bond acceptors (Lipinski definition) is 5. The average molecular weight is 396 g/mol. The summed E-state index contributed by atoms with van der Waals surface area (Å²) in [6.07, 6.45) is 4.31. The summed E-state index contributed by atoms with van der Waals surface area (Å²) in [7, 11) is 0. The third-order valence-electron chi connectivity index (χ3n) is 4.66. The van der Waals surface area contributed by atoms with Crippen molar-refractivity contribution < 1.29 is 54.1 Å². The van der Waals surface area contributed by atoms with E-state index in [0.29, 0.717) is 0 Å². The molecule has 0 amide bonds. The number of aliphatic hydroxyl groups excluding tert-OH is 2. The summed E-state index contributed by atoms with van der Waals surface area (Å²) in [6, 6.07) is 6.03. The van der Waals surface area contributed by atoms with Gasteiger partial charge in [-0.1, -0.05) is 6.08 Å². The molecule has 1 aromatic carbocycles. The fourth-order valence-corrected chi connectivity index (χ4v) is 3.36. The van der Waals surface area contributed by atoms with Crippen LogP contribution in [0.3, 0.4) is 0 Å². The van der Waals surface area contributed by atoms with Gasteiger partial charge < -0.3 is 20.1 Å². The predicted molar refractivity (Wildman–Crippen MR) is 95.5 cm³/mol. The number of aliphatic carboxylic acids is 1. The van der Waals surface area contributed by atoms with Crippen molar-refractivity contribution in [2.24, 2.45) is 0 Å². The van der Waals surface area contributed by atoms with Gasteiger partial charge in [0.2, 0.25) is 0 Å². The first-order valence-corrected chi connectivity index (χ1v) is 9.05. The monoisotopic (exact) mass is 396 g/mol. The molecule has 28 heavy (non-hydrogen) atoms. The summed E-state index contributed by atoms with van der Waals surface area (Å²) in [5, 5.41) is 34.9. The van der Waals surface area contributed by atoms with Crippen LogP contribution in [0.4, 0.5) is 4.39 Å². The van der Waals surface area contributed by atoms with Crippen LogP contribution in [-0.4, -0.2) is 38.2 Å². The van der Waals surface area contributed by atoms with Gasteiger partial charge in [-0.05, 0) is 56.0 Å². The molecule has 0 fully saturated rings. The van der Waals surface area contributed by atoms with Crippen LogP contribution in [-0.2, 0) is 17.6 Å². The van der Waals surface area contributed by atoms with E-state index >= 15 is 0 Å². The molecule has 0 saturated heterocycles. The summed E-state index contributed by atoms with van der Waals surface area (Å²) in [5.74, 6) is -1.69.